The molecular formula is C35H33N3O4. The van der Waals surface area contributed by atoms with E-state index < -0.39 is 5.91 Å². The number of amides is 1. The van der Waals surface area contributed by atoms with Gasteiger partial charge in [-0.15, -0.1) is 0 Å². The lowest BCUT2D eigenvalue weighted by Crippen LogP contribution is -2.23. The molecule has 1 aromatic heterocycles. The largest absolute Gasteiger partial charge is 0.494 e. The second-order valence-corrected chi connectivity index (χ2v) is 10.5. The minimum absolute atomic E-state index is 0.197. The van der Waals surface area contributed by atoms with Crippen LogP contribution in [-0.4, -0.2) is 21.8 Å². The molecule has 1 heterocycles. The van der Waals surface area contributed by atoms with Crippen LogP contribution in [0, 0.1) is 6.92 Å². The Balaban J connectivity index is 1.30. The first-order chi connectivity index (χ1) is 20.3. The maximum Gasteiger partial charge on any atom is 0.271 e. The van der Waals surface area contributed by atoms with Gasteiger partial charge in [0.15, 0.2) is 0 Å². The van der Waals surface area contributed by atoms with Gasteiger partial charge in [0.25, 0.3) is 11.5 Å². The van der Waals surface area contributed by atoms with E-state index in [0.29, 0.717) is 34.4 Å². The van der Waals surface area contributed by atoms with E-state index in [1.54, 1.807) is 36.4 Å². The Kier molecular flexibility index (Phi) is 8.48. The highest BCUT2D eigenvalue weighted by Gasteiger charge is 2.16. The van der Waals surface area contributed by atoms with Crippen LogP contribution < -0.4 is 15.7 Å². The van der Waals surface area contributed by atoms with Crippen LogP contribution >= 0.6 is 0 Å². The topological polar surface area (TPSA) is 92.9 Å². The van der Waals surface area contributed by atoms with E-state index >= 15 is 0 Å². The van der Waals surface area contributed by atoms with E-state index in [-0.39, 0.29) is 18.0 Å². The number of hydrogen-bond acceptors (Lipinski definition) is 5. The molecule has 2 N–H and O–H groups in total. The highest BCUT2D eigenvalue weighted by atomic mass is 16.5. The number of pyridine rings is 1. The van der Waals surface area contributed by atoms with Crippen LogP contribution in [0.1, 0.15) is 57.9 Å². The minimum Gasteiger partial charge on any atom is -0.494 e. The Morgan fingerprint density at radius 3 is 2.33 bits per heavy atom. The molecule has 0 saturated heterocycles. The van der Waals surface area contributed by atoms with E-state index in [4.69, 9.17) is 4.74 Å². The van der Waals surface area contributed by atoms with Gasteiger partial charge in [0.2, 0.25) is 5.88 Å². The lowest BCUT2D eigenvalue weighted by atomic mass is 10.0. The first-order valence-corrected chi connectivity index (χ1v) is 13.9. The maximum absolute atomic E-state index is 13.2. The van der Waals surface area contributed by atoms with Crippen molar-refractivity contribution in [3.05, 3.63) is 141 Å². The fraction of sp³-hybridized carbons (Fsp3) is 0.171. The van der Waals surface area contributed by atoms with Crippen molar-refractivity contribution >= 4 is 22.9 Å². The van der Waals surface area contributed by atoms with Crippen molar-refractivity contribution in [1.29, 1.82) is 0 Å². The number of ether oxygens (including phenoxy) is 1. The number of fused-ring (bicyclic) bond motifs is 1. The van der Waals surface area contributed by atoms with E-state index in [9.17, 15) is 14.7 Å². The number of carbonyl (C=O) groups excluding carboxylic acids is 1. The van der Waals surface area contributed by atoms with Crippen molar-refractivity contribution in [3.63, 3.8) is 0 Å². The predicted molar refractivity (Wildman–Crippen MR) is 167 cm³/mol. The number of carbonyl (C=O) groups is 1. The summed E-state index contributed by atoms with van der Waals surface area (Å²) >= 11 is 0. The average molecular weight is 560 g/mol. The molecule has 0 aliphatic heterocycles. The number of hydrogen-bond donors (Lipinski definition) is 2. The zero-order chi connectivity index (χ0) is 29.6. The molecule has 7 heteroatoms. The van der Waals surface area contributed by atoms with E-state index in [1.807, 2.05) is 55.5 Å². The fourth-order valence-electron chi connectivity index (χ4n) is 4.83. The Bertz CT molecular complexity index is 1810. The molecule has 0 saturated carbocycles. The lowest BCUT2D eigenvalue weighted by Gasteiger charge is -2.15. The molecule has 0 fully saturated rings. The number of hydrazone groups is 1. The molecule has 42 heavy (non-hydrogen) atoms. The molecule has 0 atom stereocenters. The van der Waals surface area contributed by atoms with Crippen LogP contribution in [0.25, 0.3) is 10.8 Å². The summed E-state index contributed by atoms with van der Waals surface area (Å²) in [5.41, 5.74) is 7.09. The Morgan fingerprint density at radius 2 is 1.62 bits per heavy atom. The second kappa shape index (κ2) is 12.6. The third-order valence-electron chi connectivity index (χ3n) is 7.13. The Labute approximate surface area is 244 Å². The third kappa shape index (κ3) is 6.25. The standard InChI is InChI=1S/C35H33N3O4/c1-23(2)28-18-13-24(3)19-32(28)42-22-26-14-16-27(17-15-26)33(39)37-36-20-31-29-11-7-8-12-30(29)34(40)38(35(31)41)21-25-9-5-4-6-10-25/h4-20,23,41H,21-22H2,1-3H3,(H,37,39)/b36-20+. The summed E-state index contributed by atoms with van der Waals surface area (Å²) in [6.45, 7) is 6.89. The molecule has 7 nitrogen and oxygen atoms in total. The van der Waals surface area contributed by atoms with Gasteiger partial charge in [0.1, 0.15) is 12.4 Å². The molecule has 0 unspecified atom stereocenters. The van der Waals surface area contributed by atoms with Crippen molar-refractivity contribution in [2.24, 2.45) is 5.10 Å². The fourth-order valence-corrected chi connectivity index (χ4v) is 4.83. The van der Waals surface area contributed by atoms with Crippen LogP contribution in [0.5, 0.6) is 11.6 Å². The van der Waals surface area contributed by atoms with E-state index in [0.717, 1.165) is 28.0 Å². The summed E-state index contributed by atoms with van der Waals surface area (Å²) < 4.78 is 7.42. The summed E-state index contributed by atoms with van der Waals surface area (Å²) in [5, 5.41) is 16.2. The number of rotatable bonds is 9. The predicted octanol–water partition coefficient (Wildman–Crippen LogP) is 6.53. The SMILES string of the molecule is Cc1ccc(C(C)C)c(OCc2ccc(C(=O)N/N=C/c3c(O)n(Cc4ccccc4)c(=O)c4ccccc34)cc2)c1. The zero-order valence-electron chi connectivity index (χ0n) is 23.9. The minimum atomic E-state index is -0.402. The lowest BCUT2D eigenvalue weighted by molar-refractivity contribution is 0.0955. The van der Waals surface area contributed by atoms with Gasteiger partial charge in [-0.1, -0.05) is 86.6 Å². The van der Waals surface area contributed by atoms with Gasteiger partial charge in [-0.05, 0) is 59.4 Å². The van der Waals surface area contributed by atoms with Crippen molar-refractivity contribution in [2.75, 3.05) is 0 Å². The van der Waals surface area contributed by atoms with Crippen molar-refractivity contribution < 1.29 is 14.6 Å². The van der Waals surface area contributed by atoms with E-state index in [1.165, 1.54) is 10.8 Å². The van der Waals surface area contributed by atoms with Crippen LogP contribution in [0.2, 0.25) is 0 Å². The molecule has 0 bridgehead atoms. The molecule has 212 valence electrons. The molecular weight excluding hydrogens is 526 g/mol. The average Bonchev–Trinajstić information content (AvgIpc) is 3.00. The highest BCUT2D eigenvalue weighted by molar-refractivity contribution is 6.02. The zero-order valence-corrected chi connectivity index (χ0v) is 23.9. The number of aryl methyl sites for hydroxylation is 1. The molecule has 0 spiro atoms. The number of nitrogens with zero attached hydrogens (tertiary/aromatic N) is 2. The quantitative estimate of drug-likeness (QED) is 0.159. The normalized spacial score (nSPS) is 11.3. The molecule has 0 radical (unpaired) electrons. The first kappa shape index (κ1) is 28.4. The molecule has 4 aromatic carbocycles. The van der Waals surface area contributed by atoms with Gasteiger partial charge in [-0.3, -0.25) is 14.2 Å². The number of aromatic hydroxyl groups is 1. The van der Waals surface area contributed by atoms with Gasteiger partial charge in [0.05, 0.1) is 18.3 Å². The maximum atomic E-state index is 13.2. The summed E-state index contributed by atoms with van der Waals surface area (Å²) in [6, 6.07) is 29.8. The van der Waals surface area contributed by atoms with Crippen molar-refractivity contribution in [2.45, 2.75) is 39.8 Å². The van der Waals surface area contributed by atoms with Gasteiger partial charge >= 0.3 is 0 Å². The monoisotopic (exact) mass is 559 g/mol. The summed E-state index contributed by atoms with van der Waals surface area (Å²) in [7, 11) is 0. The molecule has 1 amide bonds. The molecule has 0 aliphatic carbocycles. The Morgan fingerprint density at radius 1 is 0.929 bits per heavy atom. The van der Waals surface area contributed by atoms with Gasteiger partial charge in [-0.25, -0.2) is 5.43 Å². The van der Waals surface area contributed by atoms with Gasteiger partial charge in [-0.2, -0.15) is 5.10 Å². The third-order valence-corrected chi connectivity index (χ3v) is 7.13. The molecule has 0 aliphatic rings. The second-order valence-electron chi connectivity index (χ2n) is 10.5. The van der Waals surface area contributed by atoms with Gasteiger partial charge in [0, 0.05) is 16.3 Å². The van der Waals surface area contributed by atoms with Gasteiger partial charge < -0.3 is 9.84 Å². The Hall–Kier alpha value is -5.17. The van der Waals surface area contributed by atoms with Crippen molar-refractivity contribution in [3.8, 4) is 11.6 Å². The van der Waals surface area contributed by atoms with Crippen LogP contribution in [0.3, 0.4) is 0 Å². The summed E-state index contributed by atoms with van der Waals surface area (Å²) in [5.74, 6) is 0.589. The first-order valence-electron chi connectivity index (χ1n) is 13.9. The summed E-state index contributed by atoms with van der Waals surface area (Å²) in [4.78, 5) is 26.0. The number of nitrogens with one attached hydrogen (secondary N) is 1. The van der Waals surface area contributed by atoms with Crippen molar-refractivity contribution in [1.82, 2.24) is 9.99 Å². The van der Waals surface area contributed by atoms with Crippen LogP contribution in [0.4, 0.5) is 0 Å². The number of aromatic nitrogens is 1. The number of benzene rings is 4. The summed E-state index contributed by atoms with van der Waals surface area (Å²) in [6.07, 6.45) is 1.37. The molecule has 5 rings (SSSR count). The van der Waals surface area contributed by atoms with Crippen LogP contribution in [-0.2, 0) is 13.2 Å². The highest BCUT2D eigenvalue weighted by Crippen LogP contribution is 2.28. The van der Waals surface area contributed by atoms with E-state index in [2.05, 4.69) is 36.5 Å². The molecule has 5 aromatic rings. The van der Waals surface area contributed by atoms with Crippen LogP contribution in [0.15, 0.2) is 107 Å². The smallest absolute Gasteiger partial charge is 0.271 e.